The van der Waals surface area contributed by atoms with E-state index in [1.54, 1.807) is 19.1 Å². The number of benzene rings is 1. The maximum absolute atomic E-state index is 14.0. The third-order valence-electron chi connectivity index (χ3n) is 3.64. The van der Waals surface area contributed by atoms with Crippen molar-refractivity contribution in [3.8, 4) is 0 Å². The van der Waals surface area contributed by atoms with Gasteiger partial charge in [0.15, 0.2) is 11.6 Å². The van der Waals surface area contributed by atoms with Gasteiger partial charge in [-0.25, -0.2) is 8.78 Å². The van der Waals surface area contributed by atoms with Crippen LogP contribution in [-0.2, 0) is 0 Å². The first kappa shape index (κ1) is 19.6. The van der Waals surface area contributed by atoms with Crippen LogP contribution in [0.2, 0.25) is 0 Å². The van der Waals surface area contributed by atoms with E-state index >= 15 is 0 Å². The van der Waals surface area contributed by atoms with Crippen LogP contribution in [0.25, 0.3) is 0 Å². The summed E-state index contributed by atoms with van der Waals surface area (Å²) >= 11 is 0. The van der Waals surface area contributed by atoms with Crippen LogP contribution >= 0.6 is 24.8 Å². The number of aryl methyl sites for hydroxylation is 1. The molecule has 20 heavy (non-hydrogen) atoms. The van der Waals surface area contributed by atoms with Crippen molar-refractivity contribution in [1.82, 2.24) is 10.2 Å². The molecule has 2 nitrogen and oxygen atoms in total. The summed E-state index contributed by atoms with van der Waals surface area (Å²) in [5.41, 5.74) is 0.855. The van der Waals surface area contributed by atoms with Crippen molar-refractivity contribution in [3.63, 3.8) is 0 Å². The number of halogens is 4. The third kappa shape index (κ3) is 4.04. The topological polar surface area (TPSA) is 15.3 Å². The smallest absolute Gasteiger partial charge is 0.163 e. The first-order valence-corrected chi connectivity index (χ1v) is 6.54. The van der Waals surface area contributed by atoms with Gasteiger partial charge < -0.3 is 5.32 Å². The van der Waals surface area contributed by atoms with Crippen LogP contribution < -0.4 is 5.32 Å². The summed E-state index contributed by atoms with van der Waals surface area (Å²) in [6, 6.07) is 3.37. The lowest BCUT2D eigenvalue weighted by molar-refractivity contribution is 0.165. The largest absolute Gasteiger partial charge is 0.314 e. The molecular formula is C14H22Cl2F2N2. The first-order chi connectivity index (χ1) is 8.65. The van der Waals surface area contributed by atoms with Crippen LogP contribution in [-0.4, -0.2) is 31.1 Å². The highest BCUT2D eigenvalue weighted by Crippen LogP contribution is 2.28. The van der Waals surface area contributed by atoms with Crippen LogP contribution in [0.1, 0.15) is 30.5 Å². The molecule has 0 bridgehead atoms. The molecule has 1 aromatic carbocycles. The maximum atomic E-state index is 14.0. The summed E-state index contributed by atoms with van der Waals surface area (Å²) < 4.78 is 27.7. The molecule has 2 rings (SSSR count). The van der Waals surface area contributed by atoms with Gasteiger partial charge in [0.1, 0.15) is 0 Å². The highest BCUT2D eigenvalue weighted by molar-refractivity contribution is 5.85. The Hall–Kier alpha value is -0.420. The van der Waals surface area contributed by atoms with Gasteiger partial charge in [-0.3, -0.25) is 4.90 Å². The van der Waals surface area contributed by atoms with E-state index < -0.39 is 11.6 Å². The predicted octanol–water partition coefficient (Wildman–Crippen LogP) is 3.47. The minimum Gasteiger partial charge on any atom is -0.314 e. The van der Waals surface area contributed by atoms with Gasteiger partial charge >= 0.3 is 0 Å². The number of piperazine rings is 1. The van der Waals surface area contributed by atoms with E-state index in [2.05, 4.69) is 10.2 Å². The van der Waals surface area contributed by atoms with Crippen molar-refractivity contribution < 1.29 is 8.78 Å². The molecule has 0 aliphatic carbocycles. The Kier molecular flexibility index (Phi) is 8.59. The number of nitrogens with one attached hydrogen (secondary N) is 1. The lowest BCUT2D eigenvalue weighted by Crippen LogP contribution is -2.45. The zero-order chi connectivity index (χ0) is 13.1. The Bertz CT molecular complexity index is 424. The predicted molar refractivity (Wildman–Crippen MR) is 83.1 cm³/mol. The van der Waals surface area contributed by atoms with Crippen LogP contribution in [0, 0.1) is 18.6 Å². The summed E-state index contributed by atoms with van der Waals surface area (Å²) in [5, 5.41) is 3.27. The van der Waals surface area contributed by atoms with Crippen molar-refractivity contribution in [2.45, 2.75) is 26.3 Å². The molecule has 1 fully saturated rings. The third-order valence-corrected chi connectivity index (χ3v) is 3.64. The Balaban J connectivity index is 0.00000180. The second-order valence-electron chi connectivity index (χ2n) is 4.81. The minimum atomic E-state index is -0.707. The van der Waals surface area contributed by atoms with Gasteiger partial charge in [0.25, 0.3) is 0 Å². The Morgan fingerprint density at radius 2 is 1.75 bits per heavy atom. The molecule has 1 N–H and O–H groups in total. The SMILES string of the molecule is CC[C@H](c1ccc(C)c(F)c1F)N1CCNCC1.Cl.Cl. The fourth-order valence-electron chi connectivity index (χ4n) is 2.59. The Morgan fingerprint density at radius 1 is 1.15 bits per heavy atom. The molecule has 1 saturated heterocycles. The number of rotatable bonds is 3. The van der Waals surface area contributed by atoms with E-state index in [4.69, 9.17) is 0 Å². The monoisotopic (exact) mass is 326 g/mol. The summed E-state index contributed by atoms with van der Waals surface area (Å²) in [6.07, 6.45) is 0.791. The van der Waals surface area contributed by atoms with Gasteiger partial charge in [0, 0.05) is 37.8 Å². The number of hydrogen-bond acceptors (Lipinski definition) is 2. The fraction of sp³-hybridized carbons (Fsp3) is 0.571. The average Bonchev–Trinajstić information content (AvgIpc) is 2.41. The van der Waals surface area contributed by atoms with Gasteiger partial charge in [0.05, 0.1) is 0 Å². The molecule has 0 amide bonds. The highest BCUT2D eigenvalue weighted by Gasteiger charge is 2.24. The molecular weight excluding hydrogens is 305 g/mol. The summed E-state index contributed by atoms with van der Waals surface area (Å²) in [5.74, 6) is -1.39. The van der Waals surface area contributed by atoms with Crippen molar-refractivity contribution in [2.24, 2.45) is 0 Å². The number of nitrogens with zero attached hydrogens (tertiary/aromatic N) is 1. The standard InChI is InChI=1S/C14H20F2N2.2ClH/c1-3-12(18-8-6-17-7-9-18)11-5-4-10(2)13(15)14(11)16;;/h4-5,12,17H,3,6-9H2,1-2H3;2*1H/t12-;;/m1../s1. The highest BCUT2D eigenvalue weighted by atomic mass is 35.5. The molecule has 0 radical (unpaired) electrons. The molecule has 0 spiro atoms. The van der Waals surface area contributed by atoms with Gasteiger partial charge in [0.2, 0.25) is 0 Å². The van der Waals surface area contributed by atoms with E-state index in [0.717, 1.165) is 32.6 Å². The molecule has 0 unspecified atom stereocenters. The van der Waals surface area contributed by atoms with Gasteiger partial charge in [-0.05, 0) is 18.9 Å². The zero-order valence-electron chi connectivity index (χ0n) is 11.8. The van der Waals surface area contributed by atoms with Crippen LogP contribution in [0.5, 0.6) is 0 Å². The van der Waals surface area contributed by atoms with Crippen molar-refractivity contribution in [1.29, 1.82) is 0 Å². The number of hydrogen-bond donors (Lipinski definition) is 1. The van der Waals surface area contributed by atoms with E-state index in [1.165, 1.54) is 0 Å². The first-order valence-electron chi connectivity index (χ1n) is 6.54. The van der Waals surface area contributed by atoms with E-state index in [1.807, 2.05) is 6.92 Å². The quantitative estimate of drug-likeness (QED) is 0.914. The van der Waals surface area contributed by atoms with Crippen LogP contribution in [0.3, 0.4) is 0 Å². The Labute approximate surface area is 131 Å². The zero-order valence-corrected chi connectivity index (χ0v) is 13.4. The molecule has 116 valence electrons. The van der Waals surface area contributed by atoms with Crippen LogP contribution in [0.4, 0.5) is 8.78 Å². The molecule has 1 aliphatic heterocycles. The maximum Gasteiger partial charge on any atom is 0.163 e. The average molecular weight is 327 g/mol. The van der Waals surface area contributed by atoms with Crippen molar-refractivity contribution in [2.75, 3.05) is 26.2 Å². The molecule has 1 heterocycles. The van der Waals surface area contributed by atoms with Crippen LogP contribution in [0.15, 0.2) is 12.1 Å². The van der Waals surface area contributed by atoms with E-state index in [0.29, 0.717) is 11.1 Å². The normalized spacial score (nSPS) is 17.0. The van der Waals surface area contributed by atoms with E-state index in [-0.39, 0.29) is 30.9 Å². The molecule has 1 aliphatic rings. The van der Waals surface area contributed by atoms with Gasteiger partial charge in [-0.2, -0.15) is 0 Å². The summed E-state index contributed by atoms with van der Waals surface area (Å²) in [6.45, 7) is 7.19. The molecule has 1 atom stereocenters. The van der Waals surface area contributed by atoms with Crippen molar-refractivity contribution in [3.05, 3.63) is 34.9 Å². The second-order valence-corrected chi connectivity index (χ2v) is 4.81. The fourth-order valence-corrected chi connectivity index (χ4v) is 2.59. The lowest BCUT2D eigenvalue weighted by atomic mass is 9.99. The van der Waals surface area contributed by atoms with Crippen molar-refractivity contribution >= 4 is 24.8 Å². The Morgan fingerprint density at radius 3 is 2.30 bits per heavy atom. The lowest BCUT2D eigenvalue weighted by Gasteiger charge is -2.35. The second kappa shape index (κ2) is 8.78. The van der Waals surface area contributed by atoms with Gasteiger partial charge in [-0.15, -0.1) is 24.8 Å². The molecule has 0 aromatic heterocycles. The molecule has 1 aromatic rings. The van der Waals surface area contributed by atoms with E-state index in [9.17, 15) is 8.78 Å². The minimum absolute atomic E-state index is 0. The van der Waals surface area contributed by atoms with Gasteiger partial charge in [-0.1, -0.05) is 19.1 Å². The molecule has 6 heteroatoms. The summed E-state index contributed by atoms with van der Waals surface area (Å²) in [4.78, 5) is 2.23. The molecule has 0 saturated carbocycles. The summed E-state index contributed by atoms with van der Waals surface area (Å²) in [7, 11) is 0.